The molecule has 22 heavy (non-hydrogen) atoms. The number of hydroxylamine groups is 1. The van der Waals surface area contributed by atoms with E-state index < -0.39 is 0 Å². The van der Waals surface area contributed by atoms with Crippen molar-refractivity contribution in [1.82, 2.24) is 0 Å². The Balaban J connectivity index is 2.09. The van der Waals surface area contributed by atoms with Crippen molar-refractivity contribution < 1.29 is 9.53 Å². The first-order valence-electron chi connectivity index (χ1n) is 7.23. The van der Waals surface area contributed by atoms with Gasteiger partial charge in [0.15, 0.2) is 18.5 Å². The van der Waals surface area contributed by atoms with Crippen molar-refractivity contribution in [2.45, 2.75) is 13.3 Å². The predicted molar refractivity (Wildman–Crippen MR) is 89.7 cm³/mol. The molecule has 0 heterocycles. The van der Waals surface area contributed by atoms with Gasteiger partial charge in [-0.05, 0) is 30.7 Å². The lowest BCUT2D eigenvalue weighted by Crippen LogP contribution is -2.24. The molecule has 2 rings (SSSR count). The molecule has 114 valence electrons. The number of nitrogens with zero attached hydrogens (tertiary/aromatic N) is 1. The van der Waals surface area contributed by atoms with Crippen molar-refractivity contribution in [1.29, 1.82) is 0 Å². The second kappa shape index (κ2) is 7.76. The van der Waals surface area contributed by atoms with Gasteiger partial charge in [-0.15, -0.1) is 0 Å². The Labute approximate surface area is 135 Å². The molecule has 0 radical (unpaired) electrons. The third kappa shape index (κ3) is 4.43. The summed E-state index contributed by atoms with van der Waals surface area (Å²) in [5, 5.41) is 12.7. The quantitative estimate of drug-likeness (QED) is 0.264. The average Bonchev–Trinajstić information content (AvgIpc) is 2.55. The van der Waals surface area contributed by atoms with Gasteiger partial charge in [-0.25, -0.2) is 4.74 Å². The molecule has 0 aliphatic rings. The number of carbonyl (C=O) groups excluding carboxylic acids is 1. The smallest absolute Gasteiger partial charge is 0.181 e. The predicted octanol–water partition coefficient (Wildman–Crippen LogP) is 4.18. The highest BCUT2D eigenvalue weighted by Crippen LogP contribution is 2.13. The van der Waals surface area contributed by atoms with Crippen molar-refractivity contribution in [2.24, 2.45) is 5.92 Å². The fourth-order valence-electron chi connectivity index (χ4n) is 2.22. The first-order chi connectivity index (χ1) is 10.6. The molecule has 0 aromatic heterocycles. The number of rotatable bonds is 6. The molecule has 0 fully saturated rings. The molecule has 0 N–H and O–H groups in total. The molecule has 0 amide bonds. The fraction of sp³-hybridized carbons (Fsp3) is 0.222. The van der Waals surface area contributed by atoms with Crippen LogP contribution in [0.4, 0.5) is 0 Å². The lowest BCUT2D eigenvalue weighted by molar-refractivity contribution is -0.458. The van der Waals surface area contributed by atoms with Gasteiger partial charge in [-0.2, -0.15) is 0 Å². The first-order valence-corrected chi connectivity index (χ1v) is 7.61. The highest BCUT2D eigenvalue weighted by Gasteiger charge is 2.21. The van der Waals surface area contributed by atoms with E-state index in [1.807, 2.05) is 25.1 Å². The van der Waals surface area contributed by atoms with Crippen LogP contribution in [0, 0.1) is 11.1 Å². The summed E-state index contributed by atoms with van der Waals surface area (Å²) in [5.74, 6) is -0.308. The van der Waals surface area contributed by atoms with Crippen LogP contribution in [0.25, 0.3) is 0 Å². The number of Topliss-reactive ketones (excluding diaryl/α,β-unsaturated/α-hetero) is 1. The summed E-state index contributed by atoms with van der Waals surface area (Å²) in [6, 6.07) is 16.1. The lowest BCUT2D eigenvalue weighted by atomic mass is 9.95. The zero-order valence-corrected chi connectivity index (χ0v) is 13.2. The molecule has 1 unspecified atom stereocenters. The Morgan fingerprint density at radius 2 is 1.82 bits per heavy atom. The van der Waals surface area contributed by atoms with E-state index in [9.17, 15) is 10.0 Å². The van der Waals surface area contributed by atoms with E-state index in [-0.39, 0.29) is 18.2 Å². The Kier molecular flexibility index (Phi) is 5.73. The van der Waals surface area contributed by atoms with Gasteiger partial charge in [-0.3, -0.25) is 4.79 Å². The van der Waals surface area contributed by atoms with Crippen molar-refractivity contribution in [3.05, 3.63) is 76.0 Å². The highest BCUT2D eigenvalue weighted by atomic mass is 35.5. The van der Waals surface area contributed by atoms with Gasteiger partial charge in [0.1, 0.15) is 0 Å². The standard InChI is InChI=1S/C18H18ClNO2/c1-2-15(18(21)16-6-4-3-5-7-16)13-20(22)12-14-8-10-17(19)11-9-14/h3-12,15H,2,13H2,1H3. The third-order valence-corrected chi connectivity index (χ3v) is 3.74. The van der Waals surface area contributed by atoms with Crippen LogP contribution in [-0.4, -0.2) is 23.3 Å². The number of carbonyl (C=O) groups is 1. The topological polar surface area (TPSA) is 43.1 Å². The van der Waals surface area contributed by atoms with E-state index in [4.69, 9.17) is 11.6 Å². The van der Waals surface area contributed by atoms with Crippen LogP contribution in [0.2, 0.25) is 5.02 Å². The highest BCUT2D eigenvalue weighted by molar-refractivity contribution is 6.30. The van der Waals surface area contributed by atoms with Gasteiger partial charge in [0, 0.05) is 16.1 Å². The zero-order chi connectivity index (χ0) is 15.9. The lowest BCUT2D eigenvalue weighted by Gasteiger charge is -2.13. The molecule has 4 heteroatoms. The molecule has 0 aliphatic carbocycles. The maximum atomic E-state index is 12.4. The Morgan fingerprint density at radius 3 is 2.41 bits per heavy atom. The normalized spacial score (nSPS) is 12.9. The van der Waals surface area contributed by atoms with Gasteiger partial charge in [-0.1, -0.05) is 48.9 Å². The van der Waals surface area contributed by atoms with Gasteiger partial charge in [0.05, 0.1) is 5.92 Å². The van der Waals surface area contributed by atoms with Crippen LogP contribution in [-0.2, 0) is 0 Å². The summed E-state index contributed by atoms with van der Waals surface area (Å²) in [7, 11) is 0. The van der Waals surface area contributed by atoms with Crippen molar-refractivity contribution in [3.63, 3.8) is 0 Å². The molecule has 0 saturated carbocycles. The average molecular weight is 316 g/mol. The first kappa shape index (κ1) is 16.2. The SMILES string of the molecule is CCC(C[N+]([O-])=Cc1ccc(Cl)cc1)C(=O)c1ccccc1. The van der Waals surface area contributed by atoms with Crippen molar-refractivity contribution in [2.75, 3.05) is 6.54 Å². The minimum absolute atomic E-state index is 0.00783. The van der Waals surface area contributed by atoms with Crippen LogP contribution in [0.15, 0.2) is 54.6 Å². The minimum atomic E-state index is -0.316. The maximum Gasteiger partial charge on any atom is 0.181 e. The Morgan fingerprint density at radius 1 is 1.18 bits per heavy atom. The molecule has 0 bridgehead atoms. The summed E-state index contributed by atoms with van der Waals surface area (Å²) in [6.07, 6.45) is 2.11. The monoisotopic (exact) mass is 315 g/mol. The third-order valence-electron chi connectivity index (χ3n) is 3.49. The van der Waals surface area contributed by atoms with Crippen molar-refractivity contribution in [3.8, 4) is 0 Å². The van der Waals surface area contributed by atoms with E-state index in [0.717, 1.165) is 10.3 Å². The molecule has 0 saturated heterocycles. The Hall–Kier alpha value is -2.13. The molecular weight excluding hydrogens is 298 g/mol. The molecular formula is C18H18ClNO2. The largest absolute Gasteiger partial charge is 0.624 e. The summed E-state index contributed by atoms with van der Waals surface area (Å²) < 4.78 is 0.818. The number of hydrogen-bond donors (Lipinski definition) is 0. The zero-order valence-electron chi connectivity index (χ0n) is 12.4. The second-order valence-corrected chi connectivity index (χ2v) is 5.55. The van der Waals surface area contributed by atoms with Crippen LogP contribution >= 0.6 is 11.6 Å². The number of halogens is 1. The van der Waals surface area contributed by atoms with E-state index in [1.165, 1.54) is 6.21 Å². The molecule has 0 spiro atoms. The van der Waals surface area contributed by atoms with Gasteiger partial charge >= 0.3 is 0 Å². The number of hydrogen-bond acceptors (Lipinski definition) is 2. The van der Waals surface area contributed by atoms with E-state index in [1.54, 1.807) is 36.4 Å². The number of ketones is 1. The van der Waals surface area contributed by atoms with Crippen LogP contribution in [0.1, 0.15) is 29.3 Å². The van der Waals surface area contributed by atoms with E-state index in [0.29, 0.717) is 17.0 Å². The van der Waals surface area contributed by atoms with E-state index in [2.05, 4.69) is 0 Å². The van der Waals surface area contributed by atoms with Crippen LogP contribution in [0.5, 0.6) is 0 Å². The molecule has 3 nitrogen and oxygen atoms in total. The number of benzene rings is 2. The fourth-order valence-corrected chi connectivity index (χ4v) is 2.35. The second-order valence-electron chi connectivity index (χ2n) is 5.12. The Bertz CT molecular complexity index is 651. The summed E-state index contributed by atoms with van der Waals surface area (Å²) in [4.78, 5) is 12.4. The summed E-state index contributed by atoms with van der Waals surface area (Å²) in [6.45, 7) is 2.06. The maximum absolute atomic E-state index is 12.4. The molecule has 1 atom stereocenters. The van der Waals surface area contributed by atoms with Gasteiger partial charge < -0.3 is 5.21 Å². The van der Waals surface area contributed by atoms with Crippen LogP contribution < -0.4 is 0 Å². The van der Waals surface area contributed by atoms with E-state index >= 15 is 0 Å². The minimum Gasteiger partial charge on any atom is -0.624 e. The van der Waals surface area contributed by atoms with Gasteiger partial charge in [0.2, 0.25) is 0 Å². The molecule has 2 aromatic rings. The molecule has 2 aromatic carbocycles. The summed E-state index contributed by atoms with van der Waals surface area (Å²) in [5.41, 5.74) is 1.41. The molecule has 0 aliphatic heterocycles. The van der Waals surface area contributed by atoms with Gasteiger partial charge in [0.25, 0.3) is 0 Å². The van der Waals surface area contributed by atoms with Crippen molar-refractivity contribution >= 4 is 23.6 Å². The van der Waals surface area contributed by atoms with Crippen LogP contribution in [0.3, 0.4) is 0 Å². The summed E-state index contributed by atoms with van der Waals surface area (Å²) >= 11 is 5.81.